The van der Waals surface area contributed by atoms with Gasteiger partial charge in [-0.2, -0.15) is 4.52 Å². The van der Waals surface area contributed by atoms with Gasteiger partial charge in [0, 0.05) is 4.88 Å². The summed E-state index contributed by atoms with van der Waals surface area (Å²) in [5, 5.41) is 15.0. The van der Waals surface area contributed by atoms with Gasteiger partial charge in [-0.3, -0.25) is 4.79 Å². The van der Waals surface area contributed by atoms with Crippen LogP contribution in [0.15, 0.2) is 5.16 Å². The van der Waals surface area contributed by atoms with E-state index in [-0.39, 0.29) is 11.7 Å². The summed E-state index contributed by atoms with van der Waals surface area (Å²) in [6, 6.07) is 0. The highest BCUT2D eigenvalue weighted by Crippen LogP contribution is 2.44. The van der Waals surface area contributed by atoms with Gasteiger partial charge in [-0.15, -0.1) is 26.6 Å². The third kappa shape index (κ3) is 2.18. The zero-order valence-electron chi connectivity index (χ0n) is 14.4. The van der Waals surface area contributed by atoms with Crippen LogP contribution in [0, 0.1) is 6.92 Å². The summed E-state index contributed by atoms with van der Waals surface area (Å²) in [4.78, 5) is 18.4. The van der Waals surface area contributed by atoms with Crippen LogP contribution in [0.5, 0.6) is 0 Å². The number of hydrogen-bond acceptors (Lipinski definition) is 7. The molecular weight excluding hydrogens is 370 g/mol. The van der Waals surface area contributed by atoms with Crippen molar-refractivity contribution in [2.45, 2.75) is 44.2 Å². The minimum absolute atomic E-state index is 0.165. The maximum Gasteiger partial charge on any atom is 0.260 e. The van der Waals surface area contributed by atoms with Gasteiger partial charge in [0.15, 0.2) is 10.8 Å². The molecule has 0 saturated heterocycles. The molecule has 0 bridgehead atoms. The summed E-state index contributed by atoms with van der Waals surface area (Å²) >= 11 is 3.08. The highest BCUT2D eigenvalue weighted by molar-refractivity contribution is 7.99. The zero-order valence-corrected chi connectivity index (χ0v) is 16.0. The zero-order chi connectivity index (χ0) is 18.0. The van der Waals surface area contributed by atoms with Gasteiger partial charge < -0.3 is 5.73 Å². The molecule has 0 aliphatic heterocycles. The molecule has 0 unspecified atom stereocenters. The molecule has 4 aromatic heterocycles. The number of nitrogens with two attached hydrogens (primary N) is 1. The number of aromatic nitrogens is 6. The lowest BCUT2D eigenvalue weighted by molar-refractivity contribution is -0.115. The molecule has 0 spiro atoms. The van der Waals surface area contributed by atoms with Crippen molar-refractivity contribution in [3.63, 3.8) is 0 Å². The van der Waals surface area contributed by atoms with E-state index < -0.39 is 0 Å². The third-order valence-corrected chi connectivity index (χ3v) is 7.03. The Morgan fingerprint density at radius 1 is 1.42 bits per heavy atom. The van der Waals surface area contributed by atoms with Crippen LogP contribution in [-0.4, -0.2) is 40.9 Å². The molecule has 1 aliphatic rings. The summed E-state index contributed by atoms with van der Waals surface area (Å²) in [5.41, 5.74) is 7.54. The molecule has 8 nitrogen and oxygen atoms in total. The molecule has 10 heteroatoms. The van der Waals surface area contributed by atoms with Gasteiger partial charge in [-0.1, -0.05) is 18.7 Å². The van der Waals surface area contributed by atoms with E-state index in [2.05, 4.69) is 27.2 Å². The topological polar surface area (TPSA) is 103 Å². The molecule has 0 aromatic carbocycles. The Balaban J connectivity index is 1.92. The van der Waals surface area contributed by atoms with Crippen molar-refractivity contribution in [1.82, 2.24) is 29.2 Å². The summed E-state index contributed by atoms with van der Waals surface area (Å²) in [7, 11) is 0. The predicted molar refractivity (Wildman–Crippen MR) is 101 cm³/mol. The van der Waals surface area contributed by atoms with E-state index in [4.69, 9.17) is 5.73 Å². The molecule has 134 valence electrons. The molecule has 0 saturated carbocycles. The minimum Gasteiger partial charge on any atom is -0.369 e. The lowest BCUT2D eigenvalue weighted by Crippen LogP contribution is -2.13. The average Bonchev–Trinajstić information content (AvgIpc) is 3.26. The van der Waals surface area contributed by atoms with E-state index in [9.17, 15) is 4.79 Å². The fraction of sp³-hybridized carbons (Fsp3) is 0.438. The van der Waals surface area contributed by atoms with Gasteiger partial charge in [0.1, 0.15) is 10.7 Å². The summed E-state index contributed by atoms with van der Waals surface area (Å²) in [6.45, 7) is 4.17. The molecule has 2 N–H and O–H groups in total. The van der Waals surface area contributed by atoms with E-state index >= 15 is 0 Å². The molecule has 1 atom stereocenters. The fourth-order valence-electron chi connectivity index (χ4n) is 3.79. The van der Waals surface area contributed by atoms with Gasteiger partial charge in [0.25, 0.3) is 5.78 Å². The summed E-state index contributed by atoms with van der Waals surface area (Å²) < 4.78 is 3.77. The Bertz CT molecular complexity index is 1190. The number of carbonyl (C=O) groups is 1. The molecule has 26 heavy (non-hydrogen) atoms. The Morgan fingerprint density at radius 2 is 2.27 bits per heavy atom. The molecular formula is C16H17N7OS2. The number of nitrogens with zero attached hydrogens (tertiary/aromatic N) is 6. The fourth-order valence-corrected chi connectivity index (χ4v) is 5.98. The molecule has 1 aliphatic carbocycles. The van der Waals surface area contributed by atoms with E-state index in [0.717, 1.165) is 22.3 Å². The lowest BCUT2D eigenvalue weighted by atomic mass is 9.87. The number of thioether (sulfide) groups is 1. The van der Waals surface area contributed by atoms with Crippen molar-refractivity contribution in [3.05, 3.63) is 16.3 Å². The maximum absolute atomic E-state index is 11.2. The van der Waals surface area contributed by atoms with Crippen molar-refractivity contribution < 1.29 is 4.79 Å². The highest BCUT2D eigenvalue weighted by Gasteiger charge is 2.28. The van der Waals surface area contributed by atoms with Crippen LogP contribution >= 0.6 is 23.1 Å². The largest absolute Gasteiger partial charge is 0.369 e. The Labute approximate surface area is 156 Å². The van der Waals surface area contributed by atoms with Crippen LogP contribution in [0.3, 0.4) is 0 Å². The number of fused-ring (bicyclic) bond motifs is 8. The second-order valence-corrected chi connectivity index (χ2v) is 8.71. The summed E-state index contributed by atoms with van der Waals surface area (Å²) in [6.07, 6.45) is 3.48. The average molecular weight is 387 g/mol. The molecule has 0 radical (unpaired) electrons. The van der Waals surface area contributed by atoms with Crippen molar-refractivity contribution in [3.8, 4) is 0 Å². The number of hydrogen-bond donors (Lipinski definition) is 1. The number of aryl methyl sites for hydroxylation is 2. The standard InChI is InChI=1S/C16H17N7OS2/c1-7-4-3-5-9-11(7)12-13-18-8(2)21-23(13)15-19-20-16(25-6-10(17)24)22(15)14(12)26-9/h7H,3-6H2,1-2H3,(H2,17,24)/t7-/m0/s1. The number of carbonyl (C=O) groups excluding carboxylic acids is 1. The van der Waals surface area contributed by atoms with Crippen LogP contribution in [0.4, 0.5) is 0 Å². The Kier molecular flexibility index (Phi) is 3.48. The van der Waals surface area contributed by atoms with Crippen molar-refractivity contribution in [2.75, 3.05) is 5.75 Å². The summed E-state index contributed by atoms with van der Waals surface area (Å²) in [5.74, 6) is 1.60. The highest BCUT2D eigenvalue weighted by atomic mass is 32.2. The molecule has 0 fully saturated rings. The van der Waals surface area contributed by atoms with Crippen LogP contribution < -0.4 is 5.73 Å². The van der Waals surface area contributed by atoms with Crippen LogP contribution in [0.2, 0.25) is 0 Å². The predicted octanol–water partition coefficient (Wildman–Crippen LogP) is 2.31. The van der Waals surface area contributed by atoms with Crippen LogP contribution in [0.25, 0.3) is 21.6 Å². The molecule has 1 amide bonds. The van der Waals surface area contributed by atoms with Crippen molar-refractivity contribution in [2.24, 2.45) is 5.73 Å². The SMILES string of the molecule is Cc1nc2c3c4c(sc3n3c(SCC(N)=O)nnc3n2n1)CCC[C@@H]4C. The first-order valence-electron chi connectivity index (χ1n) is 8.51. The maximum atomic E-state index is 11.2. The van der Waals surface area contributed by atoms with Gasteiger partial charge in [-0.25, -0.2) is 9.38 Å². The van der Waals surface area contributed by atoms with Crippen molar-refractivity contribution in [1.29, 1.82) is 0 Å². The molecule has 4 aromatic rings. The van der Waals surface area contributed by atoms with Crippen molar-refractivity contribution >= 4 is 50.6 Å². The first kappa shape index (κ1) is 16.0. The number of thiophene rings is 1. The number of rotatable bonds is 3. The van der Waals surface area contributed by atoms with E-state index in [1.54, 1.807) is 15.9 Å². The van der Waals surface area contributed by atoms with Crippen LogP contribution in [-0.2, 0) is 11.2 Å². The third-order valence-electron chi connectivity index (χ3n) is 4.83. The smallest absolute Gasteiger partial charge is 0.260 e. The lowest BCUT2D eigenvalue weighted by Gasteiger charge is -2.18. The van der Waals surface area contributed by atoms with Gasteiger partial charge in [-0.05, 0) is 37.7 Å². The Hall–Kier alpha value is -2.20. The Morgan fingerprint density at radius 3 is 3.08 bits per heavy atom. The van der Waals surface area contributed by atoms with E-state index in [0.29, 0.717) is 22.7 Å². The van der Waals surface area contributed by atoms with Gasteiger partial charge >= 0.3 is 0 Å². The molecule has 4 heterocycles. The van der Waals surface area contributed by atoms with Crippen LogP contribution in [0.1, 0.15) is 41.9 Å². The monoisotopic (exact) mass is 387 g/mol. The second kappa shape index (κ2) is 5.65. The number of primary amides is 1. The minimum atomic E-state index is -0.375. The van der Waals surface area contributed by atoms with Gasteiger partial charge in [0.2, 0.25) is 5.91 Å². The normalized spacial score (nSPS) is 17.4. The van der Waals surface area contributed by atoms with E-state index in [1.807, 2.05) is 11.3 Å². The van der Waals surface area contributed by atoms with Gasteiger partial charge in [0.05, 0.1) is 11.1 Å². The first-order chi connectivity index (χ1) is 12.5. The molecule has 5 rings (SSSR count). The quantitative estimate of drug-likeness (QED) is 0.541. The second-order valence-electron chi connectivity index (χ2n) is 6.68. The number of amides is 1. The first-order valence-corrected chi connectivity index (χ1v) is 10.3. The van der Waals surface area contributed by atoms with E-state index in [1.165, 1.54) is 35.0 Å².